The molecule has 0 saturated heterocycles. The Labute approximate surface area is 134 Å². The minimum Gasteiger partial charge on any atom is -0.507 e. The van der Waals surface area contributed by atoms with Gasteiger partial charge in [-0.2, -0.15) is 0 Å². The zero-order valence-corrected chi connectivity index (χ0v) is 12.3. The number of rotatable bonds is 3. The fraction of sp³-hybridized carbons (Fsp3) is 0. The zero-order chi connectivity index (χ0) is 16.6. The number of aromatic amines is 1. The highest BCUT2D eigenvalue weighted by Gasteiger charge is 2.18. The van der Waals surface area contributed by atoms with Crippen LogP contribution in [0.1, 0.15) is 11.1 Å². The van der Waals surface area contributed by atoms with Gasteiger partial charge in [-0.25, -0.2) is 13.8 Å². The SMILES string of the molecule is N=C/C(=C(\O)c1c[nH]c2nc(Cl)ccc12)c1cccc(F)c1F. The summed E-state index contributed by atoms with van der Waals surface area (Å²) in [7, 11) is 0. The molecule has 0 aliphatic heterocycles. The van der Waals surface area contributed by atoms with Gasteiger partial charge in [0.2, 0.25) is 0 Å². The van der Waals surface area contributed by atoms with Crippen LogP contribution in [0.4, 0.5) is 8.78 Å². The van der Waals surface area contributed by atoms with Crippen molar-refractivity contribution in [3.8, 4) is 0 Å². The third kappa shape index (κ3) is 2.57. The number of pyridine rings is 1. The van der Waals surface area contributed by atoms with Crippen molar-refractivity contribution < 1.29 is 13.9 Å². The molecule has 0 unspecified atom stereocenters. The smallest absolute Gasteiger partial charge is 0.166 e. The van der Waals surface area contributed by atoms with Gasteiger partial charge in [0.05, 0.1) is 0 Å². The molecule has 1 aromatic carbocycles. The van der Waals surface area contributed by atoms with Gasteiger partial charge in [0.15, 0.2) is 11.6 Å². The van der Waals surface area contributed by atoms with E-state index in [0.29, 0.717) is 16.6 Å². The summed E-state index contributed by atoms with van der Waals surface area (Å²) in [5.74, 6) is -2.54. The molecular weight excluding hydrogens is 324 g/mol. The minimum atomic E-state index is -1.13. The molecule has 0 atom stereocenters. The van der Waals surface area contributed by atoms with E-state index in [1.54, 1.807) is 12.1 Å². The van der Waals surface area contributed by atoms with E-state index in [2.05, 4.69) is 9.97 Å². The number of halogens is 3. The van der Waals surface area contributed by atoms with Gasteiger partial charge in [0.25, 0.3) is 0 Å². The lowest BCUT2D eigenvalue weighted by Crippen LogP contribution is -1.98. The van der Waals surface area contributed by atoms with E-state index in [-0.39, 0.29) is 22.0 Å². The fourth-order valence-corrected chi connectivity index (χ4v) is 2.45. The lowest BCUT2D eigenvalue weighted by molar-refractivity contribution is 0.503. The quantitative estimate of drug-likeness (QED) is 0.373. The Morgan fingerprint density at radius 3 is 2.74 bits per heavy atom. The van der Waals surface area contributed by atoms with Crippen molar-refractivity contribution in [3.63, 3.8) is 0 Å². The second-order valence-electron chi connectivity index (χ2n) is 4.74. The second kappa shape index (κ2) is 5.81. The Kier molecular flexibility index (Phi) is 3.83. The molecule has 2 aromatic heterocycles. The Morgan fingerprint density at radius 1 is 1.22 bits per heavy atom. The molecule has 0 aliphatic carbocycles. The van der Waals surface area contributed by atoms with Crippen LogP contribution in [0.25, 0.3) is 22.4 Å². The van der Waals surface area contributed by atoms with Crippen LogP contribution in [0.3, 0.4) is 0 Å². The van der Waals surface area contributed by atoms with Crippen molar-refractivity contribution >= 4 is 40.2 Å². The van der Waals surface area contributed by atoms with Crippen LogP contribution in [-0.4, -0.2) is 21.3 Å². The summed E-state index contributed by atoms with van der Waals surface area (Å²) in [5, 5.41) is 18.7. The minimum absolute atomic E-state index is 0.141. The molecule has 3 N–H and O–H groups in total. The van der Waals surface area contributed by atoms with Crippen molar-refractivity contribution in [2.24, 2.45) is 0 Å². The Balaban J connectivity index is 2.24. The van der Waals surface area contributed by atoms with Crippen LogP contribution in [0, 0.1) is 17.0 Å². The molecule has 2 heterocycles. The number of aliphatic hydroxyl groups excluding tert-OH is 1. The monoisotopic (exact) mass is 333 g/mol. The Hall–Kier alpha value is -2.73. The van der Waals surface area contributed by atoms with Crippen LogP contribution < -0.4 is 0 Å². The van der Waals surface area contributed by atoms with E-state index in [0.717, 1.165) is 12.3 Å². The first kappa shape index (κ1) is 15.2. The molecule has 0 bridgehead atoms. The highest BCUT2D eigenvalue weighted by molar-refractivity contribution is 6.29. The van der Waals surface area contributed by atoms with Gasteiger partial charge in [-0.15, -0.1) is 0 Å². The third-order valence-electron chi connectivity index (χ3n) is 3.40. The Morgan fingerprint density at radius 2 is 2.00 bits per heavy atom. The summed E-state index contributed by atoms with van der Waals surface area (Å²) < 4.78 is 27.3. The summed E-state index contributed by atoms with van der Waals surface area (Å²) in [5.41, 5.74) is 0.404. The van der Waals surface area contributed by atoms with Gasteiger partial charge in [0, 0.05) is 34.5 Å². The average molecular weight is 334 g/mol. The van der Waals surface area contributed by atoms with E-state index < -0.39 is 11.6 Å². The number of hydrogen-bond donors (Lipinski definition) is 3. The number of benzene rings is 1. The van der Waals surface area contributed by atoms with Gasteiger partial charge < -0.3 is 15.5 Å². The number of hydrogen-bond acceptors (Lipinski definition) is 3. The van der Waals surface area contributed by atoms with Crippen molar-refractivity contribution in [1.29, 1.82) is 5.41 Å². The van der Waals surface area contributed by atoms with Gasteiger partial charge >= 0.3 is 0 Å². The van der Waals surface area contributed by atoms with E-state index in [1.807, 2.05) is 0 Å². The molecule has 4 nitrogen and oxygen atoms in total. The number of aromatic nitrogens is 2. The van der Waals surface area contributed by atoms with Gasteiger partial charge in [0.1, 0.15) is 16.6 Å². The van der Waals surface area contributed by atoms with Crippen molar-refractivity contribution in [2.75, 3.05) is 0 Å². The molecule has 0 spiro atoms. The number of allylic oxidation sites excluding steroid dienone is 1. The number of fused-ring (bicyclic) bond motifs is 1. The first-order valence-electron chi connectivity index (χ1n) is 6.55. The molecule has 0 amide bonds. The van der Waals surface area contributed by atoms with E-state index in [9.17, 15) is 13.9 Å². The number of H-pyrrole nitrogens is 1. The van der Waals surface area contributed by atoms with E-state index in [4.69, 9.17) is 17.0 Å². The maximum atomic E-state index is 13.9. The van der Waals surface area contributed by atoms with Crippen molar-refractivity contribution in [3.05, 3.63) is 64.4 Å². The lowest BCUT2D eigenvalue weighted by Gasteiger charge is -2.08. The molecule has 3 rings (SSSR count). The summed E-state index contributed by atoms with van der Waals surface area (Å²) in [4.78, 5) is 6.89. The maximum Gasteiger partial charge on any atom is 0.166 e. The molecular formula is C16H10ClF2N3O. The summed E-state index contributed by atoms with van der Waals surface area (Å²) >= 11 is 5.80. The molecule has 23 heavy (non-hydrogen) atoms. The lowest BCUT2D eigenvalue weighted by atomic mass is 10.0. The maximum absolute atomic E-state index is 13.9. The van der Waals surface area contributed by atoms with Crippen LogP contribution in [0.5, 0.6) is 0 Å². The van der Waals surface area contributed by atoms with Gasteiger partial charge in [-0.1, -0.05) is 23.7 Å². The molecule has 0 fully saturated rings. The largest absolute Gasteiger partial charge is 0.507 e. The normalized spacial score (nSPS) is 12.3. The van der Waals surface area contributed by atoms with Crippen LogP contribution >= 0.6 is 11.6 Å². The highest BCUT2D eigenvalue weighted by Crippen LogP contribution is 2.30. The van der Waals surface area contributed by atoms with Crippen molar-refractivity contribution in [2.45, 2.75) is 0 Å². The van der Waals surface area contributed by atoms with Gasteiger partial charge in [-0.05, 0) is 18.2 Å². The molecule has 0 radical (unpaired) electrons. The molecule has 116 valence electrons. The first-order chi connectivity index (χ1) is 11.0. The standard InChI is InChI=1S/C16H10ClF2N3O/c17-13-5-4-9-11(7-21-16(9)22-13)15(23)10(6-20)8-2-1-3-12(18)14(8)19/h1-7,20,23H,(H,21,22)/b15-10+,20-6?. The molecule has 3 aromatic rings. The predicted molar refractivity (Wildman–Crippen MR) is 85.7 cm³/mol. The van der Waals surface area contributed by atoms with E-state index in [1.165, 1.54) is 18.3 Å². The third-order valence-corrected chi connectivity index (χ3v) is 3.61. The number of nitrogens with zero attached hydrogens (tertiary/aromatic N) is 1. The summed E-state index contributed by atoms with van der Waals surface area (Å²) in [6.45, 7) is 0. The van der Waals surface area contributed by atoms with E-state index >= 15 is 0 Å². The molecule has 0 aliphatic rings. The molecule has 0 saturated carbocycles. The van der Waals surface area contributed by atoms with Gasteiger partial charge in [-0.3, -0.25) is 0 Å². The van der Waals surface area contributed by atoms with Crippen LogP contribution in [-0.2, 0) is 0 Å². The van der Waals surface area contributed by atoms with Crippen LogP contribution in [0.2, 0.25) is 5.15 Å². The summed E-state index contributed by atoms with van der Waals surface area (Å²) in [6.07, 6.45) is 2.24. The average Bonchev–Trinajstić information content (AvgIpc) is 2.94. The number of nitrogens with one attached hydrogen (secondary N) is 2. The van der Waals surface area contributed by atoms with Crippen LogP contribution in [0.15, 0.2) is 36.5 Å². The second-order valence-corrected chi connectivity index (χ2v) is 5.13. The predicted octanol–water partition coefficient (Wildman–Crippen LogP) is 4.57. The number of aliphatic hydroxyl groups is 1. The Bertz CT molecular complexity index is 950. The first-order valence-corrected chi connectivity index (χ1v) is 6.93. The fourth-order valence-electron chi connectivity index (χ4n) is 2.31. The summed E-state index contributed by atoms with van der Waals surface area (Å²) in [6, 6.07) is 6.74. The van der Waals surface area contributed by atoms with Crippen molar-refractivity contribution in [1.82, 2.24) is 9.97 Å². The highest BCUT2D eigenvalue weighted by atomic mass is 35.5. The molecule has 7 heteroatoms. The topological polar surface area (TPSA) is 72.8 Å². The zero-order valence-electron chi connectivity index (χ0n) is 11.6.